The van der Waals surface area contributed by atoms with Gasteiger partial charge >= 0.3 is 0 Å². The molecule has 1 fully saturated rings. The van der Waals surface area contributed by atoms with Crippen molar-refractivity contribution in [1.29, 1.82) is 0 Å². The lowest BCUT2D eigenvalue weighted by Gasteiger charge is -2.22. The minimum atomic E-state index is -0.00541. The molecule has 0 bridgehead atoms. The zero-order valence-corrected chi connectivity index (χ0v) is 16.7. The number of nitrogens with one attached hydrogen (secondary N) is 2. The second kappa shape index (κ2) is 10.2. The molecule has 2 rings (SSSR count). The van der Waals surface area contributed by atoms with Crippen molar-refractivity contribution in [2.45, 2.75) is 46.6 Å². The first kappa shape index (κ1) is 20.3. The number of aliphatic imine (C=N–C) groups is 1. The van der Waals surface area contributed by atoms with Crippen molar-refractivity contribution in [1.82, 2.24) is 15.5 Å². The van der Waals surface area contributed by atoms with Crippen molar-refractivity contribution in [3.63, 3.8) is 0 Å². The number of benzene rings is 1. The summed E-state index contributed by atoms with van der Waals surface area (Å²) in [6.07, 6.45) is 3.46. The fraction of sp³-hybridized carbons (Fsp3) is 0.619. The zero-order chi connectivity index (χ0) is 18.9. The number of hydrogen-bond donors (Lipinski definition) is 2. The van der Waals surface area contributed by atoms with Gasteiger partial charge in [0.25, 0.3) is 5.91 Å². The first-order valence-electron chi connectivity index (χ1n) is 9.86. The van der Waals surface area contributed by atoms with Gasteiger partial charge in [-0.25, -0.2) is 0 Å². The summed E-state index contributed by atoms with van der Waals surface area (Å²) in [5.41, 5.74) is 1.80. The standard InChI is InChI=1S/C21H34N4O/c1-5-10-23-20(26)19-8-6-7-17(13-19)14-24-21(22-4)25-11-9-18(15-25)12-16(2)3/h6-8,13,16,18H,5,9-12,14-15H2,1-4H3,(H,22,24)(H,23,26). The van der Waals surface area contributed by atoms with Crippen LogP contribution < -0.4 is 10.6 Å². The van der Waals surface area contributed by atoms with Crippen LogP contribution in [0.5, 0.6) is 0 Å². The van der Waals surface area contributed by atoms with E-state index in [4.69, 9.17) is 0 Å². The van der Waals surface area contributed by atoms with E-state index in [0.29, 0.717) is 18.7 Å². The highest BCUT2D eigenvalue weighted by Crippen LogP contribution is 2.23. The van der Waals surface area contributed by atoms with Gasteiger partial charge < -0.3 is 15.5 Å². The average molecular weight is 359 g/mol. The summed E-state index contributed by atoms with van der Waals surface area (Å²) in [6, 6.07) is 7.80. The van der Waals surface area contributed by atoms with E-state index in [-0.39, 0.29) is 5.91 Å². The Morgan fingerprint density at radius 3 is 2.85 bits per heavy atom. The third-order valence-corrected chi connectivity index (χ3v) is 4.78. The van der Waals surface area contributed by atoms with Gasteiger partial charge in [-0.2, -0.15) is 0 Å². The highest BCUT2D eigenvalue weighted by Gasteiger charge is 2.25. The Morgan fingerprint density at radius 2 is 2.15 bits per heavy atom. The van der Waals surface area contributed by atoms with E-state index in [1.165, 1.54) is 12.8 Å². The molecular weight excluding hydrogens is 324 g/mol. The predicted molar refractivity (Wildman–Crippen MR) is 108 cm³/mol. The SMILES string of the molecule is CCCNC(=O)c1cccc(CNC(=NC)N2CCC(CC(C)C)C2)c1. The molecule has 1 aromatic rings. The molecule has 144 valence electrons. The van der Waals surface area contributed by atoms with E-state index in [9.17, 15) is 4.79 Å². The predicted octanol–water partition coefficient (Wildman–Crippen LogP) is 3.27. The maximum absolute atomic E-state index is 12.1. The third kappa shape index (κ3) is 6.04. The Kier molecular flexibility index (Phi) is 7.95. The number of hydrogen-bond acceptors (Lipinski definition) is 2. The average Bonchev–Trinajstić information content (AvgIpc) is 3.08. The first-order chi connectivity index (χ1) is 12.5. The van der Waals surface area contributed by atoms with E-state index in [0.717, 1.165) is 42.9 Å². The highest BCUT2D eigenvalue weighted by atomic mass is 16.1. The minimum absolute atomic E-state index is 0.00541. The number of likely N-dealkylation sites (tertiary alicyclic amines) is 1. The molecule has 1 aliphatic heterocycles. The molecule has 1 atom stereocenters. The normalized spacial score (nSPS) is 17.7. The Balaban J connectivity index is 1.90. The monoisotopic (exact) mass is 358 g/mol. The molecule has 1 heterocycles. The topological polar surface area (TPSA) is 56.7 Å². The number of guanidine groups is 1. The number of rotatable bonds is 7. The lowest BCUT2D eigenvalue weighted by Crippen LogP contribution is -2.39. The smallest absolute Gasteiger partial charge is 0.251 e. The van der Waals surface area contributed by atoms with Crippen molar-refractivity contribution in [3.05, 3.63) is 35.4 Å². The first-order valence-corrected chi connectivity index (χ1v) is 9.86. The van der Waals surface area contributed by atoms with Gasteiger partial charge in [0.15, 0.2) is 5.96 Å². The Morgan fingerprint density at radius 1 is 1.35 bits per heavy atom. The molecule has 2 N–H and O–H groups in total. The second-order valence-corrected chi connectivity index (χ2v) is 7.59. The fourth-order valence-electron chi connectivity index (χ4n) is 3.56. The number of carbonyl (C=O) groups excluding carboxylic acids is 1. The summed E-state index contributed by atoms with van der Waals surface area (Å²) in [5.74, 6) is 2.46. The molecule has 5 nitrogen and oxygen atoms in total. The van der Waals surface area contributed by atoms with Crippen molar-refractivity contribution in [3.8, 4) is 0 Å². The quantitative estimate of drug-likeness (QED) is 0.581. The highest BCUT2D eigenvalue weighted by molar-refractivity contribution is 5.94. The van der Waals surface area contributed by atoms with Crippen molar-refractivity contribution < 1.29 is 4.79 Å². The van der Waals surface area contributed by atoms with Gasteiger partial charge in [-0.15, -0.1) is 0 Å². The lowest BCUT2D eigenvalue weighted by molar-refractivity contribution is 0.0953. The molecule has 5 heteroatoms. The number of carbonyl (C=O) groups is 1. The van der Waals surface area contributed by atoms with E-state index >= 15 is 0 Å². The van der Waals surface area contributed by atoms with E-state index < -0.39 is 0 Å². The molecule has 1 amide bonds. The summed E-state index contributed by atoms with van der Waals surface area (Å²) < 4.78 is 0. The summed E-state index contributed by atoms with van der Waals surface area (Å²) in [5, 5.41) is 6.38. The van der Waals surface area contributed by atoms with E-state index in [2.05, 4.69) is 41.3 Å². The van der Waals surface area contributed by atoms with E-state index in [1.807, 2.05) is 31.3 Å². The molecule has 0 aromatic heterocycles. The fourth-order valence-corrected chi connectivity index (χ4v) is 3.56. The van der Waals surface area contributed by atoms with Gasteiger partial charge in [0, 0.05) is 38.8 Å². The molecular formula is C21H34N4O. The third-order valence-electron chi connectivity index (χ3n) is 4.78. The molecule has 0 radical (unpaired) electrons. The van der Waals surface area contributed by atoms with Crippen molar-refractivity contribution in [2.75, 3.05) is 26.7 Å². The maximum Gasteiger partial charge on any atom is 0.251 e. The van der Waals surface area contributed by atoms with Crippen LogP contribution in [0.15, 0.2) is 29.3 Å². The minimum Gasteiger partial charge on any atom is -0.352 e. The van der Waals surface area contributed by atoms with Gasteiger partial charge in [0.2, 0.25) is 0 Å². The van der Waals surface area contributed by atoms with Crippen molar-refractivity contribution >= 4 is 11.9 Å². The van der Waals surface area contributed by atoms with Crippen LogP contribution in [-0.4, -0.2) is 43.4 Å². The number of amides is 1. The van der Waals surface area contributed by atoms with Gasteiger partial charge in [0.1, 0.15) is 0 Å². The Bertz CT molecular complexity index is 612. The van der Waals surface area contributed by atoms with Crippen LogP contribution in [0.2, 0.25) is 0 Å². The zero-order valence-electron chi connectivity index (χ0n) is 16.7. The van der Waals surface area contributed by atoms with Gasteiger partial charge in [-0.05, 0) is 48.8 Å². The molecule has 26 heavy (non-hydrogen) atoms. The Labute approximate surface area is 158 Å². The summed E-state index contributed by atoms with van der Waals surface area (Å²) in [7, 11) is 1.84. The molecule has 1 unspecified atom stereocenters. The molecule has 0 spiro atoms. The molecule has 1 aliphatic rings. The van der Waals surface area contributed by atoms with Crippen LogP contribution in [-0.2, 0) is 6.54 Å². The summed E-state index contributed by atoms with van der Waals surface area (Å²) in [4.78, 5) is 18.9. The second-order valence-electron chi connectivity index (χ2n) is 7.59. The van der Waals surface area contributed by atoms with Crippen LogP contribution in [0.25, 0.3) is 0 Å². The molecule has 0 saturated carbocycles. The van der Waals surface area contributed by atoms with Crippen LogP contribution >= 0.6 is 0 Å². The molecule has 0 aliphatic carbocycles. The maximum atomic E-state index is 12.1. The Hall–Kier alpha value is -2.04. The van der Waals surface area contributed by atoms with E-state index in [1.54, 1.807) is 0 Å². The van der Waals surface area contributed by atoms with Crippen LogP contribution in [0.4, 0.5) is 0 Å². The molecule has 1 saturated heterocycles. The lowest BCUT2D eigenvalue weighted by atomic mass is 9.97. The number of nitrogens with zero attached hydrogens (tertiary/aromatic N) is 2. The van der Waals surface area contributed by atoms with Crippen molar-refractivity contribution in [2.24, 2.45) is 16.8 Å². The van der Waals surface area contributed by atoms with Crippen LogP contribution in [0.3, 0.4) is 0 Å². The van der Waals surface area contributed by atoms with Crippen LogP contribution in [0.1, 0.15) is 56.0 Å². The molecule has 1 aromatic carbocycles. The summed E-state index contributed by atoms with van der Waals surface area (Å²) in [6.45, 7) is 10.2. The summed E-state index contributed by atoms with van der Waals surface area (Å²) >= 11 is 0. The largest absolute Gasteiger partial charge is 0.352 e. The van der Waals surface area contributed by atoms with Gasteiger partial charge in [0.05, 0.1) is 0 Å². The van der Waals surface area contributed by atoms with Gasteiger partial charge in [-0.3, -0.25) is 9.79 Å². The van der Waals surface area contributed by atoms with Crippen LogP contribution in [0, 0.1) is 11.8 Å². The van der Waals surface area contributed by atoms with Gasteiger partial charge in [-0.1, -0.05) is 32.9 Å².